The largest absolute Gasteiger partial charge is 0.473 e. The second kappa shape index (κ2) is 5.75. The van der Waals surface area contributed by atoms with E-state index in [0.717, 1.165) is 17.0 Å². The number of aromatic amines is 1. The van der Waals surface area contributed by atoms with Gasteiger partial charge in [0.2, 0.25) is 5.88 Å². The summed E-state index contributed by atoms with van der Waals surface area (Å²) in [5.41, 5.74) is 7.11. The van der Waals surface area contributed by atoms with E-state index in [9.17, 15) is 4.79 Å². The quantitative estimate of drug-likeness (QED) is 0.776. The molecule has 7 heteroatoms. The van der Waals surface area contributed by atoms with Crippen LogP contribution in [-0.2, 0) is 6.54 Å². The van der Waals surface area contributed by atoms with E-state index >= 15 is 0 Å². The summed E-state index contributed by atoms with van der Waals surface area (Å²) in [5.74, 6) is 1.07. The number of rotatable bonds is 5. The Morgan fingerprint density at radius 2 is 2.32 bits per heavy atom. The van der Waals surface area contributed by atoms with E-state index in [1.807, 2.05) is 13.8 Å². The Hall–Kier alpha value is -2.02. The molecule has 4 N–H and O–H groups in total. The van der Waals surface area contributed by atoms with Crippen LogP contribution in [0.5, 0.6) is 5.88 Å². The number of nitrogens with two attached hydrogens (primary N) is 1. The third kappa shape index (κ3) is 3.72. The van der Waals surface area contributed by atoms with Crippen molar-refractivity contribution >= 4 is 22.8 Å². The molecule has 19 heavy (non-hydrogen) atoms. The van der Waals surface area contributed by atoms with Gasteiger partial charge in [0.1, 0.15) is 5.82 Å². The van der Waals surface area contributed by atoms with Crippen molar-refractivity contribution in [2.24, 2.45) is 0 Å². The number of hydrogen-bond acceptors (Lipinski definition) is 6. The van der Waals surface area contributed by atoms with Gasteiger partial charge in [-0.05, 0) is 26.0 Å². The number of nitrogens with one attached hydrogen (secondary N) is 2. The van der Waals surface area contributed by atoms with Crippen LogP contribution in [0.25, 0.3) is 0 Å². The van der Waals surface area contributed by atoms with Gasteiger partial charge in [-0.2, -0.15) is 4.98 Å². The first-order valence-electron chi connectivity index (χ1n) is 5.88. The van der Waals surface area contributed by atoms with E-state index in [2.05, 4.69) is 15.3 Å². The van der Waals surface area contributed by atoms with Crippen molar-refractivity contribution < 1.29 is 4.74 Å². The van der Waals surface area contributed by atoms with E-state index < -0.39 is 0 Å². The smallest absolute Gasteiger partial charge is 0.304 e. The summed E-state index contributed by atoms with van der Waals surface area (Å²) >= 11 is 1.14. The maximum absolute atomic E-state index is 11.0. The molecule has 0 atom stereocenters. The minimum Gasteiger partial charge on any atom is -0.473 e. The highest BCUT2D eigenvalue weighted by molar-refractivity contribution is 7.07. The number of pyridine rings is 1. The Morgan fingerprint density at radius 3 is 2.95 bits per heavy atom. The topological polar surface area (TPSA) is 93.0 Å². The molecule has 2 rings (SSSR count). The second-order valence-corrected chi connectivity index (χ2v) is 5.13. The molecule has 2 aromatic rings. The molecular weight excluding hydrogens is 264 g/mol. The minimum atomic E-state index is -0.0640. The zero-order valence-corrected chi connectivity index (χ0v) is 11.6. The highest BCUT2D eigenvalue weighted by Gasteiger charge is 2.06. The summed E-state index contributed by atoms with van der Waals surface area (Å²) < 4.78 is 5.51. The number of nitrogens with zero attached hydrogens (tertiary/aromatic N) is 1. The van der Waals surface area contributed by atoms with Crippen molar-refractivity contribution in [3.63, 3.8) is 0 Å². The fraction of sp³-hybridized carbons (Fsp3) is 0.333. The van der Waals surface area contributed by atoms with Gasteiger partial charge in [0, 0.05) is 11.1 Å². The SMILES string of the molecule is CC(C)Oc1nc(NCc2csc(=O)[nH]2)ccc1N. The lowest BCUT2D eigenvalue weighted by Gasteiger charge is -2.12. The summed E-state index contributed by atoms with van der Waals surface area (Å²) in [6.07, 6.45) is 0.0123. The lowest BCUT2D eigenvalue weighted by molar-refractivity contribution is 0.234. The molecule has 0 saturated heterocycles. The molecule has 0 saturated carbocycles. The van der Waals surface area contributed by atoms with E-state index in [-0.39, 0.29) is 11.0 Å². The minimum absolute atomic E-state index is 0.0123. The average Bonchev–Trinajstić information content (AvgIpc) is 2.75. The van der Waals surface area contributed by atoms with Crippen LogP contribution in [0.2, 0.25) is 0 Å². The van der Waals surface area contributed by atoms with Crippen molar-refractivity contribution in [3.05, 3.63) is 32.9 Å². The summed E-state index contributed by atoms with van der Waals surface area (Å²) in [6.45, 7) is 4.32. The molecule has 2 aromatic heterocycles. The van der Waals surface area contributed by atoms with Crippen molar-refractivity contribution in [2.45, 2.75) is 26.5 Å². The average molecular weight is 280 g/mol. The number of hydrogen-bond donors (Lipinski definition) is 3. The Bertz CT molecular complexity index is 606. The molecule has 0 bridgehead atoms. The summed E-state index contributed by atoms with van der Waals surface area (Å²) in [6, 6.07) is 3.51. The summed E-state index contributed by atoms with van der Waals surface area (Å²) in [4.78, 5) is 17.9. The molecule has 0 aliphatic rings. The Kier molecular flexibility index (Phi) is 4.06. The van der Waals surface area contributed by atoms with Gasteiger partial charge in [-0.25, -0.2) is 0 Å². The predicted octanol–water partition coefficient (Wildman–Crippen LogP) is 1.81. The third-order valence-corrected chi connectivity index (χ3v) is 2.99. The van der Waals surface area contributed by atoms with Gasteiger partial charge in [0.05, 0.1) is 18.3 Å². The molecule has 102 valence electrons. The van der Waals surface area contributed by atoms with E-state index in [1.54, 1.807) is 17.5 Å². The van der Waals surface area contributed by atoms with E-state index in [4.69, 9.17) is 10.5 Å². The van der Waals surface area contributed by atoms with Crippen LogP contribution in [0.1, 0.15) is 19.5 Å². The van der Waals surface area contributed by atoms with Gasteiger partial charge in [0.15, 0.2) is 0 Å². The monoisotopic (exact) mass is 280 g/mol. The highest BCUT2D eigenvalue weighted by atomic mass is 32.1. The molecule has 0 aliphatic heterocycles. The number of anilines is 2. The molecule has 0 aliphatic carbocycles. The first-order valence-corrected chi connectivity index (χ1v) is 6.76. The van der Waals surface area contributed by atoms with Crippen molar-refractivity contribution in [1.82, 2.24) is 9.97 Å². The molecule has 0 radical (unpaired) electrons. The van der Waals surface area contributed by atoms with E-state index in [1.165, 1.54) is 0 Å². The zero-order chi connectivity index (χ0) is 13.8. The van der Waals surface area contributed by atoms with Gasteiger partial charge in [-0.3, -0.25) is 4.79 Å². The third-order valence-electron chi connectivity index (χ3n) is 2.27. The standard InChI is InChI=1S/C12H16N4O2S/c1-7(2)18-11-9(13)3-4-10(16-11)14-5-8-6-19-12(17)15-8/h3-4,6-7H,5,13H2,1-2H3,(H,14,16)(H,15,17). The molecule has 6 nitrogen and oxygen atoms in total. The second-order valence-electron chi connectivity index (χ2n) is 4.28. The van der Waals surface area contributed by atoms with E-state index in [0.29, 0.717) is 23.9 Å². The summed E-state index contributed by atoms with van der Waals surface area (Å²) in [5, 5.41) is 4.88. The number of aromatic nitrogens is 2. The van der Waals surface area contributed by atoms with Crippen LogP contribution in [0.15, 0.2) is 22.3 Å². The van der Waals surface area contributed by atoms with Crippen molar-refractivity contribution in [2.75, 3.05) is 11.1 Å². The molecule has 0 aromatic carbocycles. The fourth-order valence-electron chi connectivity index (χ4n) is 1.45. The number of nitrogen functional groups attached to an aromatic ring is 1. The normalized spacial score (nSPS) is 10.7. The molecule has 2 heterocycles. The first-order chi connectivity index (χ1) is 9.04. The van der Waals surface area contributed by atoms with Crippen LogP contribution >= 0.6 is 11.3 Å². The van der Waals surface area contributed by atoms with Crippen LogP contribution < -0.4 is 20.7 Å². The maximum atomic E-state index is 11.0. The zero-order valence-electron chi connectivity index (χ0n) is 10.8. The molecule has 0 unspecified atom stereocenters. The maximum Gasteiger partial charge on any atom is 0.304 e. The van der Waals surface area contributed by atoms with Gasteiger partial charge in [0.25, 0.3) is 0 Å². The van der Waals surface area contributed by atoms with Gasteiger partial charge in [-0.1, -0.05) is 11.3 Å². The van der Waals surface area contributed by atoms with Crippen LogP contribution in [0.3, 0.4) is 0 Å². The Labute approximate surface area is 114 Å². The summed E-state index contributed by atoms with van der Waals surface area (Å²) in [7, 11) is 0. The Balaban J connectivity index is 2.06. The number of ether oxygens (including phenoxy) is 1. The Morgan fingerprint density at radius 1 is 1.53 bits per heavy atom. The lowest BCUT2D eigenvalue weighted by atomic mass is 10.3. The van der Waals surface area contributed by atoms with Crippen LogP contribution in [0.4, 0.5) is 11.5 Å². The van der Waals surface area contributed by atoms with Gasteiger partial charge in [-0.15, -0.1) is 0 Å². The van der Waals surface area contributed by atoms with Gasteiger partial charge >= 0.3 is 4.87 Å². The predicted molar refractivity (Wildman–Crippen MR) is 76.7 cm³/mol. The molecular formula is C12H16N4O2S. The molecule has 0 fully saturated rings. The van der Waals surface area contributed by atoms with Crippen molar-refractivity contribution in [1.29, 1.82) is 0 Å². The first kappa shape index (κ1) is 13.4. The number of H-pyrrole nitrogens is 1. The lowest BCUT2D eigenvalue weighted by Crippen LogP contribution is -2.10. The fourth-order valence-corrected chi connectivity index (χ4v) is 2.04. The van der Waals surface area contributed by atoms with Crippen LogP contribution in [-0.4, -0.2) is 16.1 Å². The number of thiazole rings is 1. The van der Waals surface area contributed by atoms with Crippen molar-refractivity contribution in [3.8, 4) is 5.88 Å². The molecule has 0 spiro atoms. The van der Waals surface area contributed by atoms with Crippen LogP contribution in [0, 0.1) is 0 Å². The van der Waals surface area contributed by atoms with Gasteiger partial charge < -0.3 is 20.8 Å². The molecule has 0 amide bonds. The highest BCUT2D eigenvalue weighted by Crippen LogP contribution is 2.22.